The van der Waals surface area contributed by atoms with Crippen molar-refractivity contribution in [1.29, 1.82) is 0 Å². The van der Waals surface area contributed by atoms with Gasteiger partial charge in [-0.15, -0.1) is 10.2 Å². The van der Waals surface area contributed by atoms with Crippen LogP contribution in [0.1, 0.15) is 16.8 Å². The summed E-state index contributed by atoms with van der Waals surface area (Å²) < 4.78 is 5.84. The highest BCUT2D eigenvalue weighted by Gasteiger charge is 2.28. The molecule has 1 aromatic carbocycles. The summed E-state index contributed by atoms with van der Waals surface area (Å²) in [6, 6.07) is 13.0. The second kappa shape index (κ2) is 6.64. The molecule has 0 radical (unpaired) electrons. The third kappa shape index (κ3) is 3.59. The van der Waals surface area contributed by atoms with Crippen LogP contribution in [0.4, 0.5) is 5.82 Å². The minimum atomic E-state index is -0.0397. The summed E-state index contributed by atoms with van der Waals surface area (Å²) in [6.45, 7) is 1.27. The summed E-state index contributed by atoms with van der Waals surface area (Å²) in [5.41, 5.74) is 0.711. The van der Waals surface area contributed by atoms with Crippen molar-refractivity contribution in [3.8, 4) is 5.88 Å². The molecule has 2 aromatic rings. The molecule has 2 heterocycles. The van der Waals surface area contributed by atoms with Gasteiger partial charge < -0.3 is 14.5 Å². The molecule has 0 N–H and O–H groups in total. The van der Waals surface area contributed by atoms with Gasteiger partial charge in [0.25, 0.3) is 5.91 Å². The van der Waals surface area contributed by atoms with Gasteiger partial charge in [0, 0.05) is 38.7 Å². The van der Waals surface area contributed by atoms with Crippen molar-refractivity contribution in [3.05, 3.63) is 48.0 Å². The highest BCUT2D eigenvalue weighted by Crippen LogP contribution is 2.19. The van der Waals surface area contributed by atoms with Crippen molar-refractivity contribution >= 4 is 11.7 Å². The Hall–Kier alpha value is -2.63. The van der Waals surface area contributed by atoms with Crippen molar-refractivity contribution in [2.75, 3.05) is 32.1 Å². The molecular weight excluding hydrogens is 292 g/mol. The normalized spacial score (nSPS) is 17.1. The van der Waals surface area contributed by atoms with E-state index in [1.807, 2.05) is 66.4 Å². The lowest BCUT2D eigenvalue weighted by Crippen LogP contribution is -2.31. The van der Waals surface area contributed by atoms with Crippen LogP contribution >= 0.6 is 0 Å². The second-order valence-electron chi connectivity index (χ2n) is 5.77. The molecule has 1 atom stereocenters. The molecule has 1 aromatic heterocycles. The molecule has 0 saturated carbocycles. The van der Waals surface area contributed by atoms with Crippen molar-refractivity contribution in [3.63, 3.8) is 0 Å². The number of rotatable bonds is 4. The van der Waals surface area contributed by atoms with Crippen LogP contribution in [0.15, 0.2) is 42.5 Å². The van der Waals surface area contributed by atoms with Gasteiger partial charge in [0.1, 0.15) is 6.10 Å². The molecule has 0 bridgehead atoms. The minimum Gasteiger partial charge on any atom is -0.471 e. The van der Waals surface area contributed by atoms with Gasteiger partial charge in [0.15, 0.2) is 5.82 Å². The summed E-state index contributed by atoms with van der Waals surface area (Å²) >= 11 is 0. The topological polar surface area (TPSA) is 58.6 Å². The van der Waals surface area contributed by atoms with Gasteiger partial charge in [0.2, 0.25) is 5.88 Å². The lowest BCUT2D eigenvalue weighted by molar-refractivity contribution is 0.0771. The number of ether oxygens (including phenoxy) is 1. The Bertz CT molecular complexity index is 658. The molecule has 23 heavy (non-hydrogen) atoms. The number of amides is 1. The molecule has 1 amide bonds. The Labute approximate surface area is 135 Å². The van der Waals surface area contributed by atoms with Crippen molar-refractivity contribution < 1.29 is 9.53 Å². The largest absolute Gasteiger partial charge is 0.471 e. The first-order chi connectivity index (χ1) is 11.1. The van der Waals surface area contributed by atoms with E-state index in [4.69, 9.17) is 4.74 Å². The molecule has 6 heteroatoms. The number of benzene rings is 1. The lowest BCUT2D eigenvalue weighted by atomic mass is 10.2. The first-order valence-electron chi connectivity index (χ1n) is 7.65. The summed E-state index contributed by atoms with van der Waals surface area (Å²) in [5, 5.41) is 8.17. The molecule has 6 nitrogen and oxygen atoms in total. The Morgan fingerprint density at radius 2 is 1.96 bits per heavy atom. The van der Waals surface area contributed by atoms with E-state index in [1.165, 1.54) is 0 Å². The standard InChI is InChI=1S/C17H20N4O2/c1-20(2)15-8-9-16(19-18-15)23-14-10-11-21(12-14)17(22)13-6-4-3-5-7-13/h3-9,14H,10-12H2,1-2H3. The number of hydrogen-bond acceptors (Lipinski definition) is 5. The van der Waals surface area contributed by atoms with Crippen LogP contribution in [0.2, 0.25) is 0 Å². The molecule has 1 aliphatic heterocycles. The van der Waals surface area contributed by atoms with Gasteiger partial charge in [0.05, 0.1) is 6.54 Å². The van der Waals surface area contributed by atoms with Crippen molar-refractivity contribution in [2.24, 2.45) is 0 Å². The number of aromatic nitrogens is 2. The monoisotopic (exact) mass is 312 g/mol. The van der Waals surface area contributed by atoms with Gasteiger partial charge >= 0.3 is 0 Å². The summed E-state index contributed by atoms with van der Waals surface area (Å²) in [7, 11) is 3.82. The zero-order chi connectivity index (χ0) is 16.2. The first-order valence-corrected chi connectivity index (χ1v) is 7.65. The maximum absolute atomic E-state index is 12.4. The molecule has 0 aliphatic carbocycles. The Morgan fingerprint density at radius 3 is 2.61 bits per heavy atom. The van der Waals surface area contributed by atoms with E-state index >= 15 is 0 Å². The van der Waals surface area contributed by atoms with E-state index in [2.05, 4.69) is 10.2 Å². The van der Waals surface area contributed by atoms with E-state index in [9.17, 15) is 4.79 Å². The van der Waals surface area contributed by atoms with Crippen molar-refractivity contribution in [2.45, 2.75) is 12.5 Å². The van der Waals surface area contributed by atoms with E-state index in [1.54, 1.807) is 0 Å². The van der Waals surface area contributed by atoms with Crippen LogP contribution in [0.25, 0.3) is 0 Å². The van der Waals surface area contributed by atoms with Gasteiger partial charge in [-0.05, 0) is 18.2 Å². The number of carbonyl (C=O) groups excluding carboxylic acids is 1. The van der Waals surface area contributed by atoms with Gasteiger partial charge in [-0.2, -0.15) is 0 Å². The second-order valence-corrected chi connectivity index (χ2v) is 5.77. The quantitative estimate of drug-likeness (QED) is 0.862. The maximum atomic E-state index is 12.4. The predicted octanol–water partition coefficient (Wildman–Crippen LogP) is 1.84. The number of likely N-dealkylation sites (tertiary alicyclic amines) is 1. The van der Waals surface area contributed by atoms with E-state index < -0.39 is 0 Å². The zero-order valence-corrected chi connectivity index (χ0v) is 13.3. The van der Waals surface area contributed by atoms with E-state index in [-0.39, 0.29) is 12.0 Å². The number of anilines is 1. The molecule has 120 valence electrons. The summed E-state index contributed by atoms with van der Waals surface area (Å²) in [4.78, 5) is 16.1. The fourth-order valence-corrected chi connectivity index (χ4v) is 2.56. The van der Waals surface area contributed by atoms with Crippen LogP contribution in [0, 0.1) is 0 Å². The minimum absolute atomic E-state index is 0.0397. The van der Waals surface area contributed by atoms with Gasteiger partial charge in [-0.3, -0.25) is 4.79 Å². The average Bonchev–Trinajstić information content (AvgIpc) is 3.04. The number of nitrogens with zero attached hydrogens (tertiary/aromatic N) is 4. The highest BCUT2D eigenvalue weighted by atomic mass is 16.5. The SMILES string of the molecule is CN(C)c1ccc(OC2CCN(C(=O)c3ccccc3)C2)nn1. The van der Waals surface area contributed by atoms with Gasteiger partial charge in [-0.1, -0.05) is 18.2 Å². The van der Waals surface area contributed by atoms with Crippen LogP contribution in [-0.2, 0) is 0 Å². The molecule has 1 fully saturated rings. The molecular formula is C17H20N4O2. The van der Waals surface area contributed by atoms with E-state index in [0.717, 1.165) is 12.2 Å². The Morgan fingerprint density at radius 1 is 1.17 bits per heavy atom. The van der Waals surface area contributed by atoms with Crippen LogP contribution < -0.4 is 9.64 Å². The highest BCUT2D eigenvalue weighted by molar-refractivity contribution is 5.94. The predicted molar refractivity (Wildman–Crippen MR) is 87.7 cm³/mol. The zero-order valence-electron chi connectivity index (χ0n) is 13.3. The smallest absolute Gasteiger partial charge is 0.253 e. The fraction of sp³-hybridized carbons (Fsp3) is 0.353. The molecule has 1 aliphatic rings. The molecule has 1 saturated heterocycles. The van der Waals surface area contributed by atoms with Gasteiger partial charge in [-0.25, -0.2) is 0 Å². The van der Waals surface area contributed by atoms with Crippen LogP contribution in [0.5, 0.6) is 5.88 Å². The van der Waals surface area contributed by atoms with Crippen LogP contribution in [-0.4, -0.2) is 54.3 Å². The third-order valence-electron chi connectivity index (χ3n) is 3.82. The third-order valence-corrected chi connectivity index (χ3v) is 3.82. The summed E-state index contributed by atoms with van der Waals surface area (Å²) in [5.74, 6) is 1.32. The summed E-state index contributed by atoms with van der Waals surface area (Å²) in [6.07, 6.45) is 0.762. The lowest BCUT2D eigenvalue weighted by Gasteiger charge is -2.17. The van der Waals surface area contributed by atoms with Crippen molar-refractivity contribution in [1.82, 2.24) is 15.1 Å². The van der Waals surface area contributed by atoms with Crippen LogP contribution in [0.3, 0.4) is 0 Å². The fourth-order valence-electron chi connectivity index (χ4n) is 2.56. The number of hydrogen-bond donors (Lipinski definition) is 0. The molecule has 0 spiro atoms. The molecule has 3 rings (SSSR count). The maximum Gasteiger partial charge on any atom is 0.253 e. The average molecular weight is 312 g/mol. The number of carbonyl (C=O) groups is 1. The Kier molecular flexibility index (Phi) is 4.41. The molecule has 1 unspecified atom stereocenters. The van der Waals surface area contributed by atoms with E-state index in [0.29, 0.717) is 24.5 Å². The first kappa shape index (κ1) is 15.3. The Balaban J connectivity index is 1.58.